The lowest BCUT2D eigenvalue weighted by Gasteiger charge is -2.32. The zero-order valence-electron chi connectivity index (χ0n) is 19.9. The minimum absolute atomic E-state index is 0.0165. The molecule has 1 saturated carbocycles. The first-order chi connectivity index (χ1) is 15.9. The standard InChI is InChI=1S/C19H27N3O4S.C4H7FO2/c1-21-9-10-26-18-11-16(6-7-17(18)21)27(24,25)22-8-2-3-15(13-22)19(23)20-12-14-4-5-14;1-4(2,5)3(6)7/h6-7,11,14-15H,2-5,8-10,12-13H2,1H3,(H,20,23);1-2H3,(H,6,7). The van der Waals surface area contributed by atoms with Crippen molar-refractivity contribution in [3.63, 3.8) is 0 Å². The van der Waals surface area contributed by atoms with Crippen molar-refractivity contribution in [2.75, 3.05) is 44.7 Å². The van der Waals surface area contributed by atoms with E-state index >= 15 is 0 Å². The van der Waals surface area contributed by atoms with Crippen molar-refractivity contribution in [1.82, 2.24) is 9.62 Å². The van der Waals surface area contributed by atoms with Gasteiger partial charge in [-0.25, -0.2) is 17.6 Å². The van der Waals surface area contributed by atoms with Gasteiger partial charge in [-0.3, -0.25) is 4.79 Å². The van der Waals surface area contributed by atoms with E-state index in [1.54, 1.807) is 18.2 Å². The first-order valence-electron chi connectivity index (χ1n) is 11.6. The molecule has 11 heteroatoms. The molecule has 9 nitrogen and oxygen atoms in total. The maximum Gasteiger partial charge on any atom is 0.340 e. The number of hydrogen-bond donors (Lipinski definition) is 2. The highest BCUT2D eigenvalue weighted by atomic mass is 32.2. The number of carboxylic acids is 1. The van der Waals surface area contributed by atoms with Crippen molar-refractivity contribution < 1.29 is 32.2 Å². The summed E-state index contributed by atoms with van der Waals surface area (Å²) >= 11 is 0. The molecule has 1 saturated heterocycles. The predicted octanol–water partition coefficient (Wildman–Crippen LogP) is 2.26. The molecule has 1 unspecified atom stereocenters. The van der Waals surface area contributed by atoms with E-state index in [2.05, 4.69) is 10.2 Å². The topological polar surface area (TPSA) is 116 Å². The number of piperidine rings is 1. The van der Waals surface area contributed by atoms with Crippen LogP contribution in [0, 0.1) is 11.8 Å². The van der Waals surface area contributed by atoms with E-state index in [9.17, 15) is 22.4 Å². The lowest BCUT2D eigenvalue weighted by atomic mass is 9.99. The van der Waals surface area contributed by atoms with Crippen LogP contribution in [-0.4, -0.2) is 75.2 Å². The van der Waals surface area contributed by atoms with E-state index in [-0.39, 0.29) is 23.3 Å². The van der Waals surface area contributed by atoms with Crippen LogP contribution >= 0.6 is 0 Å². The number of benzene rings is 1. The summed E-state index contributed by atoms with van der Waals surface area (Å²) in [6.45, 7) is 4.73. The zero-order chi connectivity index (χ0) is 25.1. The Labute approximate surface area is 200 Å². The minimum Gasteiger partial charge on any atom is -0.490 e. The number of amides is 1. The highest BCUT2D eigenvalue weighted by Crippen LogP contribution is 2.34. The fourth-order valence-electron chi connectivity index (χ4n) is 3.73. The summed E-state index contributed by atoms with van der Waals surface area (Å²) in [4.78, 5) is 24.3. The predicted molar refractivity (Wildman–Crippen MR) is 125 cm³/mol. The number of likely N-dealkylation sites (N-methyl/N-ethyl adjacent to an activating group) is 1. The number of fused-ring (bicyclic) bond motifs is 1. The Morgan fingerprint density at radius 3 is 2.53 bits per heavy atom. The van der Waals surface area contributed by atoms with Gasteiger partial charge in [0.05, 0.1) is 23.0 Å². The van der Waals surface area contributed by atoms with E-state index in [1.807, 2.05) is 7.05 Å². The van der Waals surface area contributed by atoms with Crippen molar-refractivity contribution in [3.05, 3.63) is 18.2 Å². The van der Waals surface area contributed by atoms with Crippen molar-refractivity contribution in [2.45, 2.75) is 50.1 Å². The van der Waals surface area contributed by atoms with Gasteiger partial charge >= 0.3 is 5.97 Å². The van der Waals surface area contributed by atoms with E-state index < -0.39 is 21.7 Å². The number of hydrogen-bond acceptors (Lipinski definition) is 6. The number of alkyl halides is 1. The number of carboxylic acid groups (broad SMARTS) is 1. The van der Waals surface area contributed by atoms with Crippen molar-refractivity contribution in [1.29, 1.82) is 0 Å². The van der Waals surface area contributed by atoms with Gasteiger partial charge in [0, 0.05) is 32.7 Å². The van der Waals surface area contributed by atoms with Gasteiger partial charge in [-0.05, 0) is 57.6 Å². The summed E-state index contributed by atoms with van der Waals surface area (Å²) in [5.74, 6) is -0.497. The monoisotopic (exact) mass is 499 g/mol. The van der Waals surface area contributed by atoms with Gasteiger partial charge in [-0.2, -0.15) is 4.31 Å². The van der Waals surface area contributed by atoms with E-state index in [0.29, 0.717) is 31.2 Å². The van der Waals surface area contributed by atoms with Crippen molar-refractivity contribution >= 4 is 27.6 Å². The second-order valence-electron chi connectivity index (χ2n) is 9.57. The smallest absolute Gasteiger partial charge is 0.340 e. The highest BCUT2D eigenvalue weighted by Gasteiger charge is 2.34. The molecule has 1 aromatic carbocycles. The zero-order valence-corrected chi connectivity index (χ0v) is 20.7. The molecule has 34 heavy (non-hydrogen) atoms. The van der Waals surface area contributed by atoms with Crippen LogP contribution in [0.4, 0.5) is 10.1 Å². The summed E-state index contributed by atoms with van der Waals surface area (Å²) in [5, 5.41) is 10.9. The fraction of sp³-hybridized carbons (Fsp3) is 0.652. The molecule has 190 valence electrons. The van der Waals surface area contributed by atoms with Crippen LogP contribution in [0.25, 0.3) is 0 Å². The van der Waals surface area contributed by atoms with Crippen molar-refractivity contribution in [3.8, 4) is 5.75 Å². The first kappa shape index (κ1) is 26.2. The molecule has 2 N–H and O–H groups in total. The molecule has 1 atom stereocenters. The number of nitrogens with zero attached hydrogens (tertiary/aromatic N) is 2. The van der Waals surface area contributed by atoms with Gasteiger partial charge < -0.3 is 20.1 Å². The van der Waals surface area contributed by atoms with E-state index in [1.165, 1.54) is 17.1 Å². The third-order valence-electron chi connectivity index (χ3n) is 6.19. The quantitative estimate of drug-likeness (QED) is 0.617. The Balaban J connectivity index is 0.000000406. The van der Waals surface area contributed by atoms with Gasteiger partial charge in [-0.15, -0.1) is 0 Å². The number of nitrogens with one attached hydrogen (secondary N) is 1. The van der Waals surface area contributed by atoms with Crippen LogP contribution in [0.15, 0.2) is 23.1 Å². The summed E-state index contributed by atoms with van der Waals surface area (Å²) in [6, 6.07) is 5.04. The molecule has 1 aliphatic carbocycles. The number of carbonyl (C=O) groups excluding carboxylic acids is 1. The van der Waals surface area contributed by atoms with E-state index in [4.69, 9.17) is 9.84 Å². The van der Waals surface area contributed by atoms with Crippen LogP contribution in [0.1, 0.15) is 39.5 Å². The average Bonchev–Trinajstić information content (AvgIpc) is 3.62. The SMILES string of the molecule is CC(C)(F)C(=O)O.CN1CCOc2cc(S(=O)(=O)N3CCCC(C(=O)NCC4CC4)C3)ccc21. The molecule has 1 amide bonds. The number of rotatable bonds is 6. The summed E-state index contributed by atoms with van der Waals surface area (Å²) in [5.41, 5.74) is -1.18. The number of halogens is 1. The third-order valence-corrected chi connectivity index (χ3v) is 8.05. The Morgan fingerprint density at radius 1 is 1.24 bits per heavy atom. The normalized spacial score (nSPS) is 20.9. The Bertz CT molecular complexity index is 1010. The van der Waals surface area contributed by atoms with Crippen LogP contribution < -0.4 is 15.0 Å². The third kappa shape index (κ3) is 6.59. The molecule has 2 aliphatic heterocycles. The number of ether oxygens (including phenoxy) is 1. The molecule has 0 radical (unpaired) electrons. The molecular weight excluding hydrogens is 465 g/mol. The summed E-state index contributed by atoms with van der Waals surface area (Å²) in [6.07, 6.45) is 3.80. The molecule has 2 fully saturated rings. The first-order valence-corrected chi connectivity index (χ1v) is 13.0. The molecule has 2 heterocycles. The molecular formula is C23H34FN3O6S. The van der Waals surface area contributed by atoms with Crippen LogP contribution in [-0.2, 0) is 19.6 Å². The van der Waals surface area contributed by atoms with Crippen molar-refractivity contribution in [2.24, 2.45) is 11.8 Å². The lowest BCUT2D eigenvalue weighted by Crippen LogP contribution is -2.45. The largest absolute Gasteiger partial charge is 0.490 e. The number of anilines is 1. The van der Waals surface area contributed by atoms with Gasteiger partial charge in [0.1, 0.15) is 12.4 Å². The Kier molecular flexibility index (Phi) is 8.07. The number of sulfonamides is 1. The van der Waals surface area contributed by atoms with Crippen LogP contribution in [0.5, 0.6) is 5.75 Å². The number of carbonyl (C=O) groups is 2. The molecule has 4 rings (SSSR count). The molecule has 0 spiro atoms. The maximum atomic E-state index is 13.1. The summed E-state index contributed by atoms with van der Waals surface area (Å²) < 4.78 is 45.3. The molecule has 0 aromatic heterocycles. The minimum atomic E-state index is -3.64. The average molecular weight is 500 g/mol. The van der Waals surface area contributed by atoms with Gasteiger partial charge in [-0.1, -0.05) is 0 Å². The van der Waals surface area contributed by atoms with Crippen LogP contribution in [0.3, 0.4) is 0 Å². The van der Waals surface area contributed by atoms with E-state index in [0.717, 1.165) is 39.0 Å². The second-order valence-corrected chi connectivity index (χ2v) is 11.5. The molecule has 3 aliphatic rings. The van der Waals surface area contributed by atoms with Gasteiger partial charge in [0.25, 0.3) is 0 Å². The van der Waals surface area contributed by atoms with Gasteiger partial charge in [0.15, 0.2) is 0 Å². The molecule has 0 bridgehead atoms. The Hall–Kier alpha value is -2.40. The van der Waals surface area contributed by atoms with Crippen LogP contribution in [0.2, 0.25) is 0 Å². The van der Waals surface area contributed by atoms with Gasteiger partial charge in [0.2, 0.25) is 21.6 Å². The highest BCUT2D eigenvalue weighted by molar-refractivity contribution is 7.89. The summed E-state index contributed by atoms with van der Waals surface area (Å²) in [7, 11) is -1.68. The fourth-order valence-corrected chi connectivity index (χ4v) is 5.27. The lowest BCUT2D eigenvalue weighted by molar-refractivity contribution is -0.148. The number of aliphatic carboxylic acids is 1. The second kappa shape index (κ2) is 10.5. The Morgan fingerprint density at radius 2 is 1.91 bits per heavy atom. The maximum absolute atomic E-state index is 13.1. The molecule has 1 aromatic rings.